The maximum absolute atomic E-state index is 12.9. The van der Waals surface area contributed by atoms with Gasteiger partial charge in [0.15, 0.2) is 0 Å². The van der Waals surface area contributed by atoms with Gasteiger partial charge in [0.05, 0.1) is 18.6 Å². The lowest BCUT2D eigenvalue weighted by molar-refractivity contribution is 0.0787. The molecule has 2 aromatic carbocycles. The van der Waals surface area contributed by atoms with E-state index in [9.17, 15) is 4.79 Å². The van der Waals surface area contributed by atoms with Crippen molar-refractivity contribution in [2.45, 2.75) is 19.0 Å². The van der Waals surface area contributed by atoms with Gasteiger partial charge >= 0.3 is 0 Å². The summed E-state index contributed by atoms with van der Waals surface area (Å²) in [4.78, 5) is 18.9. The molecule has 3 heterocycles. The van der Waals surface area contributed by atoms with Crippen LogP contribution in [0.4, 0.5) is 0 Å². The molecule has 30 heavy (non-hydrogen) atoms. The standard InChI is InChI=1S/C23H22N6O/c30-23(20-8-6-18(7-9-20)14-27-13-11-24-17-27)28-12-10-21(15-28)29-16-22(25-26-29)19-4-2-1-3-5-19/h1-9,11,13,16-17,21H,10,12,14-15H2. The number of amides is 1. The fourth-order valence-electron chi connectivity index (χ4n) is 3.86. The molecule has 7 nitrogen and oxygen atoms in total. The molecule has 4 aromatic rings. The Bertz CT molecular complexity index is 1120. The molecule has 0 radical (unpaired) electrons. The quantitative estimate of drug-likeness (QED) is 0.517. The van der Waals surface area contributed by atoms with Crippen molar-refractivity contribution in [3.8, 4) is 11.3 Å². The number of imidazole rings is 1. The Morgan fingerprint density at radius 2 is 1.90 bits per heavy atom. The summed E-state index contributed by atoms with van der Waals surface area (Å²) in [5.74, 6) is 0.0649. The zero-order valence-corrected chi connectivity index (χ0v) is 16.5. The molecule has 2 aromatic heterocycles. The Morgan fingerprint density at radius 1 is 1.07 bits per heavy atom. The minimum Gasteiger partial charge on any atom is -0.336 e. The molecule has 0 bridgehead atoms. The van der Waals surface area contributed by atoms with Crippen LogP contribution in [0.25, 0.3) is 11.3 Å². The second-order valence-electron chi connectivity index (χ2n) is 7.58. The maximum atomic E-state index is 12.9. The first-order chi connectivity index (χ1) is 14.8. The fourth-order valence-corrected chi connectivity index (χ4v) is 3.86. The zero-order valence-electron chi connectivity index (χ0n) is 16.5. The molecule has 1 atom stereocenters. The van der Waals surface area contributed by atoms with E-state index >= 15 is 0 Å². The van der Waals surface area contributed by atoms with E-state index in [2.05, 4.69) is 15.3 Å². The average Bonchev–Trinajstić information content (AvgIpc) is 3.55. The summed E-state index contributed by atoms with van der Waals surface area (Å²) in [6.07, 6.45) is 8.33. The highest BCUT2D eigenvalue weighted by Crippen LogP contribution is 2.24. The third-order valence-electron chi connectivity index (χ3n) is 5.53. The lowest BCUT2D eigenvalue weighted by atomic mass is 10.1. The lowest BCUT2D eigenvalue weighted by Crippen LogP contribution is -2.29. The lowest BCUT2D eigenvalue weighted by Gasteiger charge is -2.17. The van der Waals surface area contributed by atoms with Crippen LogP contribution in [0.1, 0.15) is 28.4 Å². The largest absolute Gasteiger partial charge is 0.336 e. The molecular weight excluding hydrogens is 376 g/mol. The van der Waals surface area contributed by atoms with Gasteiger partial charge in [0.25, 0.3) is 5.91 Å². The van der Waals surface area contributed by atoms with Crippen molar-refractivity contribution in [3.63, 3.8) is 0 Å². The monoisotopic (exact) mass is 398 g/mol. The van der Waals surface area contributed by atoms with Gasteiger partial charge < -0.3 is 9.47 Å². The minimum atomic E-state index is 0.0649. The van der Waals surface area contributed by atoms with Crippen LogP contribution in [-0.2, 0) is 6.54 Å². The first-order valence-corrected chi connectivity index (χ1v) is 10.1. The van der Waals surface area contributed by atoms with Crippen molar-refractivity contribution in [2.75, 3.05) is 13.1 Å². The van der Waals surface area contributed by atoms with Gasteiger partial charge in [0.1, 0.15) is 5.69 Å². The van der Waals surface area contributed by atoms with E-state index in [1.54, 1.807) is 12.5 Å². The normalized spacial score (nSPS) is 16.1. The third kappa shape index (κ3) is 3.74. The zero-order chi connectivity index (χ0) is 20.3. The molecule has 1 aliphatic heterocycles. The summed E-state index contributed by atoms with van der Waals surface area (Å²) in [5, 5.41) is 8.61. The second-order valence-corrected chi connectivity index (χ2v) is 7.58. The maximum Gasteiger partial charge on any atom is 0.253 e. The Morgan fingerprint density at radius 3 is 2.67 bits per heavy atom. The van der Waals surface area contributed by atoms with E-state index in [1.807, 2.05) is 81.1 Å². The smallest absolute Gasteiger partial charge is 0.253 e. The Hall–Kier alpha value is -3.74. The summed E-state index contributed by atoms with van der Waals surface area (Å²) in [5.41, 5.74) is 3.76. The van der Waals surface area contributed by atoms with E-state index in [4.69, 9.17) is 0 Å². The van der Waals surface area contributed by atoms with Crippen molar-refractivity contribution in [3.05, 3.63) is 90.6 Å². The van der Waals surface area contributed by atoms with Crippen LogP contribution in [0.3, 0.4) is 0 Å². The number of hydrogen-bond donors (Lipinski definition) is 0. The van der Waals surface area contributed by atoms with Crippen LogP contribution in [0.5, 0.6) is 0 Å². The van der Waals surface area contributed by atoms with Gasteiger partial charge in [-0.3, -0.25) is 4.79 Å². The van der Waals surface area contributed by atoms with E-state index in [-0.39, 0.29) is 11.9 Å². The molecule has 0 aliphatic carbocycles. The van der Waals surface area contributed by atoms with Crippen LogP contribution in [0.15, 0.2) is 79.5 Å². The van der Waals surface area contributed by atoms with E-state index < -0.39 is 0 Å². The number of aromatic nitrogens is 5. The van der Waals surface area contributed by atoms with Crippen LogP contribution in [-0.4, -0.2) is 48.4 Å². The van der Waals surface area contributed by atoms with E-state index in [0.717, 1.165) is 36.3 Å². The van der Waals surface area contributed by atoms with Crippen molar-refractivity contribution in [2.24, 2.45) is 0 Å². The van der Waals surface area contributed by atoms with E-state index in [0.29, 0.717) is 12.1 Å². The summed E-state index contributed by atoms with van der Waals surface area (Å²) < 4.78 is 3.90. The molecule has 7 heteroatoms. The molecule has 0 spiro atoms. The SMILES string of the molecule is O=C(c1ccc(Cn2ccnc2)cc1)N1CCC(n2cc(-c3ccccc3)nn2)C1. The first-order valence-electron chi connectivity index (χ1n) is 10.1. The van der Waals surface area contributed by atoms with Gasteiger partial charge in [-0.1, -0.05) is 47.7 Å². The summed E-state index contributed by atoms with van der Waals surface area (Å²) >= 11 is 0. The summed E-state index contributed by atoms with van der Waals surface area (Å²) in [6.45, 7) is 2.12. The van der Waals surface area contributed by atoms with Crippen molar-refractivity contribution in [1.29, 1.82) is 0 Å². The molecule has 1 amide bonds. The molecule has 0 N–H and O–H groups in total. The molecule has 5 rings (SSSR count). The van der Waals surface area contributed by atoms with Crippen molar-refractivity contribution < 1.29 is 4.79 Å². The predicted molar refractivity (Wildman–Crippen MR) is 113 cm³/mol. The summed E-state index contributed by atoms with van der Waals surface area (Å²) in [6, 6.07) is 18.0. The highest BCUT2D eigenvalue weighted by Gasteiger charge is 2.29. The Labute approximate surface area is 174 Å². The Balaban J connectivity index is 1.23. The van der Waals surface area contributed by atoms with Crippen LogP contribution in [0, 0.1) is 0 Å². The highest BCUT2D eigenvalue weighted by atomic mass is 16.2. The third-order valence-corrected chi connectivity index (χ3v) is 5.53. The topological polar surface area (TPSA) is 68.8 Å². The van der Waals surface area contributed by atoms with Gasteiger partial charge in [-0.25, -0.2) is 9.67 Å². The number of benzene rings is 2. The molecule has 1 aliphatic rings. The number of carbonyl (C=O) groups is 1. The number of hydrogen-bond acceptors (Lipinski definition) is 4. The van der Waals surface area contributed by atoms with Gasteiger partial charge in [-0.2, -0.15) is 0 Å². The van der Waals surface area contributed by atoms with Crippen LogP contribution in [0.2, 0.25) is 0 Å². The van der Waals surface area contributed by atoms with Crippen molar-refractivity contribution in [1.82, 2.24) is 29.4 Å². The first kappa shape index (κ1) is 18.3. The fraction of sp³-hybridized carbons (Fsp3) is 0.217. The van der Waals surface area contributed by atoms with Gasteiger partial charge in [0.2, 0.25) is 0 Å². The second kappa shape index (κ2) is 7.94. The molecule has 0 saturated carbocycles. The van der Waals surface area contributed by atoms with Gasteiger partial charge in [-0.15, -0.1) is 5.10 Å². The van der Waals surface area contributed by atoms with Gasteiger partial charge in [0, 0.05) is 43.2 Å². The number of carbonyl (C=O) groups excluding carboxylic acids is 1. The van der Waals surface area contributed by atoms with Gasteiger partial charge in [-0.05, 0) is 24.1 Å². The van der Waals surface area contributed by atoms with Crippen LogP contribution >= 0.6 is 0 Å². The minimum absolute atomic E-state index is 0.0649. The Kier molecular flexibility index (Phi) is 4.85. The molecular formula is C23H22N6O. The average molecular weight is 398 g/mol. The van der Waals surface area contributed by atoms with Crippen LogP contribution < -0.4 is 0 Å². The number of rotatable bonds is 5. The molecule has 1 saturated heterocycles. The molecule has 150 valence electrons. The molecule has 1 unspecified atom stereocenters. The number of likely N-dealkylation sites (tertiary alicyclic amines) is 1. The molecule has 1 fully saturated rings. The van der Waals surface area contributed by atoms with E-state index in [1.165, 1.54) is 0 Å². The van der Waals surface area contributed by atoms with Crippen molar-refractivity contribution >= 4 is 5.91 Å². The highest BCUT2D eigenvalue weighted by molar-refractivity contribution is 5.94. The summed E-state index contributed by atoms with van der Waals surface area (Å²) in [7, 11) is 0. The predicted octanol–water partition coefficient (Wildman–Crippen LogP) is 3.28. The number of nitrogens with zero attached hydrogens (tertiary/aromatic N) is 6.